The molecule has 1 aliphatic rings. The third-order valence-corrected chi connectivity index (χ3v) is 4.91. The third kappa shape index (κ3) is 4.17. The van der Waals surface area contributed by atoms with Crippen molar-refractivity contribution in [2.24, 2.45) is 0 Å². The van der Waals surface area contributed by atoms with Crippen molar-refractivity contribution in [2.45, 2.75) is 24.5 Å². The molecule has 116 valence electrons. The molecule has 0 aliphatic carbocycles. The summed E-state index contributed by atoms with van der Waals surface area (Å²) >= 11 is 1.99. The number of methoxy groups -OCH3 is 2. The highest BCUT2D eigenvalue weighted by molar-refractivity contribution is 8.00. The molecule has 1 aliphatic heterocycles. The zero-order valence-corrected chi connectivity index (χ0v) is 13.8. The number of rotatable bonds is 8. The maximum absolute atomic E-state index is 5.70. The van der Waals surface area contributed by atoms with E-state index in [1.165, 1.54) is 5.56 Å². The molecule has 1 aromatic carbocycles. The SMILES string of the molecule is CCOc1cc(C(CCOC)C2C=CCS2)ccc1OC. The number of ether oxygens (including phenoxy) is 3. The molecular weight excluding hydrogens is 284 g/mol. The zero-order chi connectivity index (χ0) is 15.1. The Morgan fingerprint density at radius 1 is 1.29 bits per heavy atom. The van der Waals surface area contributed by atoms with Gasteiger partial charge in [0.2, 0.25) is 0 Å². The molecule has 21 heavy (non-hydrogen) atoms. The average molecular weight is 308 g/mol. The number of benzene rings is 1. The summed E-state index contributed by atoms with van der Waals surface area (Å²) in [5.74, 6) is 3.16. The quantitative estimate of drug-likeness (QED) is 0.681. The second kappa shape index (κ2) is 8.35. The molecule has 2 rings (SSSR count). The molecular formula is C17H24O3S. The lowest BCUT2D eigenvalue weighted by atomic mass is 9.92. The minimum absolute atomic E-state index is 0.443. The van der Waals surface area contributed by atoms with Crippen LogP contribution in [0, 0.1) is 0 Å². The third-order valence-electron chi connectivity index (χ3n) is 3.66. The Hall–Kier alpha value is -1.13. The van der Waals surface area contributed by atoms with Gasteiger partial charge in [0.25, 0.3) is 0 Å². The van der Waals surface area contributed by atoms with Crippen molar-refractivity contribution < 1.29 is 14.2 Å². The summed E-state index contributed by atoms with van der Waals surface area (Å²) < 4.78 is 16.4. The number of hydrogen-bond acceptors (Lipinski definition) is 4. The summed E-state index contributed by atoms with van der Waals surface area (Å²) in [5.41, 5.74) is 1.29. The van der Waals surface area contributed by atoms with Crippen LogP contribution in [0.2, 0.25) is 0 Å². The second-order valence-corrected chi connectivity index (χ2v) is 6.17. The van der Waals surface area contributed by atoms with E-state index in [2.05, 4.69) is 24.3 Å². The molecule has 0 saturated carbocycles. The van der Waals surface area contributed by atoms with E-state index < -0.39 is 0 Å². The Labute approximate surface area is 131 Å². The van der Waals surface area contributed by atoms with E-state index in [0.29, 0.717) is 17.8 Å². The van der Waals surface area contributed by atoms with Crippen molar-refractivity contribution in [3.63, 3.8) is 0 Å². The highest BCUT2D eigenvalue weighted by Crippen LogP contribution is 2.39. The molecule has 2 unspecified atom stereocenters. The average Bonchev–Trinajstić information content (AvgIpc) is 3.02. The maximum Gasteiger partial charge on any atom is 0.161 e. The van der Waals surface area contributed by atoms with Crippen LogP contribution in [0.3, 0.4) is 0 Å². The van der Waals surface area contributed by atoms with Gasteiger partial charge in [0.05, 0.1) is 13.7 Å². The van der Waals surface area contributed by atoms with Crippen molar-refractivity contribution in [3.8, 4) is 11.5 Å². The fourth-order valence-electron chi connectivity index (χ4n) is 2.62. The molecule has 1 aromatic rings. The normalized spacial score (nSPS) is 18.7. The molecule has 0 aromatic heterocycles. The van der Waals surface area contributed by atoms with E-state index in [1.54, 1.807) is 14.2 Å². The van der Waals surface area contributed by atoms with Gasteiger partial charge in [0.1, 0.15) is 0 Å². The van der Waals surface area contributed by atoms with E-state index in [4.69, 9.17) is 14.2 Å². The van der Waals surface area contributed by atoms with Gasteiger partial charge >= 0.3 is 0 Å². The molecule has 0 fully saturated rings. The van der Waals surface area contributed by atoms with Gasteiger partial charge in [-0.1, -0.05) is 18.2 Å². The van der Waals surface area contributed by atoms with Gasteiger partial charge in [-0.2, -0.15) is 0 Å². The van der Waals surface area contributed by atoms with Gasteiger partial charge in [0, 0.05) is 30.6 Å². The molecule has 0 bridgehead atoms. The molecule has 0 N–H and O–H groups in total. The lowest BCUT2D eigenvalue weighted by Gasteiger charge is -2.23. The Bertz CT molecular complexity index is 473. The summed E-state index contributed by atoms with van der Waals surface area (Å²) in [4.78, 5) is 0. The molecule has 1 heterocycles. The van der Waals surface area contributed by atoms with Crippen LogP contribution in [0.5, 0.6) is 11.5 Å². The first-order valence-electron chi connectivity index (χ1n) is 7.38. The predicted octanol–water partition coefficient (Wildman–Crippen LogP) is 3.89. The Morgan fingerprint density at radius 2 is 2.14 bits per heavy atom. The fraction of sp³-hybridized carbons (Fsp3) is 0.529. The van der Waals surface area contributed by atoms with Crippen LogP contribution in [0.15, 0.2) is 30.4 Å². The summed E-state index contributed by atoms with van der Waals surface area (Å²) in [6.45, 7) is 3.40. The van der Waals surface area contributed by atoms with E-state index in [9.17, 15) is 0 Å². The Kier molecular flexibility index (Phi) is 6.46. The maximum atomic E-state index is 5.70. The van der Waals surface area contributed by atoms with E-state index in [0.717, 1.165) is 30.3 Å². The lowest BCUT2D eigenvalue weighted by Crippen LogP contribution is -2.14. The number of thioether (sulfide) groups is 1. The van der Waals surface area contributed by atoms with Crippen LogP contribution in [0.1, 0.15) is 24.8 Å². The van der Waals surface area contributed by atoms with Gasteiger partial charge in [-0.15, -0.1) is 11.8 Å². The standard InChI is InChI=1S/C17H24O3S/c1-4-20-16-12-13(7-8-15(16)19-3)14(9-10-18-2)17-6-5-11-21-17/h5-8,12,14,17H,4,9-11H2,1-3H3. The van der Waals surface area contributed by atoms with Crippen LogP contribution in [0.25, 0.3) is 0 Å². The fourth-order valence-corrected chi connectivity index (χ4v) is 3.81. The van der Waals surface area contributed by atoms with Crippen LogP contribution < -0.4 is 9.47 Å². The lowest BCUT2D eigenvalue weighted by molar-refractivity contribution is 0.188. The molecule has 3 nitrogen and oxygen atoms in total. The smallest absolute Gasteiger partial charge is 0.161 e. The van der Waals surface area contributed by atoms with Crippen molar-refractivity contribution in [3.05, 3.63) is 35.9 Å². The van der Waals surface area contributed by atoms with Crippen molar-refractivity contribution >= 4 is 11.8 Å². The molecule has 0 spiro atoms. The van der Waals surface area contributed by atoms with Crippen LogP contribution in [-0.4, -0.2) is 38.4 Å². The minimum atomic E-state index is 0.443. The van der Waals surface area contributed by atoms with Crippen LogP contribution in [0.4, 0.5) is 0 Å². The first-order chi connectivity index (χ1) is 10.3. The predicted molar refractivity (Wildman–Crippen MR) is 88.8 cm³/mol. The van der Waals surface area contributed by atoms with E-state index >= 15 is 0 Å². The van der Waals surface area contributed by atoms with Crippen LogP contribution >= 0.6 is 11.8 Å². The molecule has 0 saturated heterocycles. The molecule has 0 amide bonds. The molecule has 2 atom stereocenters. The summed E-state index contributed by atoms with van der Waals surface area (Å²) in [5, 5.41) is 0.517. The first kappa shape index (κ1) is 16.2. The summed E-state index contributed by atoms with van der Waals surface area (Å²) in [6, 6.07) is 6.27. The highest BCUT2D eigenvalue weighted by atomic mass is 32.2. The summed E-state index contributed by atoms with van der Waals surface area (Å²) in [6.07, 6.45) is 5.58. The Morgan fingerprint density at radius 3 is 2.76 bits per heavy atom. The Balaban J connectivity index is 2.25. The topological polar surface area (TPSA) is 27.7 Å². The zero-order valence-electron chi connectivity index (χ0n) is 13.0. The van der Waals surface area contributed by atoms with Crippen molar-refractivity contribution in [1.29, 1.82) is 0 Å². The van der Waals surface area contributed by atoms with Crippen LogP contribution in [-0.2, 0) is 4.74 Å². The van der Waals surface area contributed by atoms with Gasteiger partial charge in [-0.05, 0) is 31.0 Å². The molecule has 4 heteroatoms. The molecule has 0 radical (unpaired) electrons. The van der Waals surface area contributed by atoms with Gasteiger partial charge < -0.3 is 14.2 Å². The largest absolute Gasteiger partial charge is 0.493 e. The van der Waals surface area contributed by atoms with Gasteiger partial charge in [-0.25, -0.2) is 0 Å². The summed E-state index contributed by atoms with van der Waals surface area (Å²) in [7, 11) is 3.43. The van der Waals surface area contributed by atoms with Gasteiger partial charge in [-0.3, -0.25) is 0 Å². The van der Waals surface area contributed by atoms with Crippen molar-refractivity contribution in [1.82, 2.24) is 0 Å². The monoisotopic (exact) mass is 308 g/mol. The van der Waals surface area contributed by atoms with Gasteiger partial charge in [0.15, 0.2) is 11.5 Å². The highest BCUT2D eigenvalue weighted by Gasteiger charge is 2.24. The van der Waals surface area contributed by atoms with E-state index in [1.807, 2.05) is 24.8 Å². The van der Waals surface area contributed by atoms with Crippen molar-refractivity contribution in [2.75, 3.05) is 33.2 Å². The number of hydrogen-bond donors (Lipinski definition) is 0. The minimum Gasteiger partial charge on any atom is -0.493 e. The van der Waals surface area contributed by atoms with E-state index in [-0.39, 0.29) is 0 Å². The first-order valence-corrected chi connectivity index (χ1v) is 8.43. The second-order valence-electron chi connectivity index (χ2n) is 4.96.